The van der Waals surface area contributed by atoms with Crippen molar-refractivity contribution < 1.29 is 14.7 Å². The topological polar surface area (TPSA) is 60.9 Å². The van der Waals surface area contributed by atoms with Gasteiger partial charge in [-0.2, -0.15) is 0 Å². The second-order valence-electron chi connectivity index (χ2n) is 5.54. The normalized spacial score (nSPS) is 18.6. The number of nitrogens with zero attached hydrogens (tertiary/aromatic N) is 2. The van der Waals surface area contributed by atoms with E-state index in [2.05, 4.69) is 11.8 Å². The van der Waals surface area contributed by atoms with Crippen molar-refractivity contribution >= 4 is 11.9 Å². The number of likely N-dealkylation sites (N-methyl/N-ethyl adjacent to an activating group) is 1. The number of hydrogen-bond donors (Lipinski definition) is 1. The summed E-state index contributed by atoms with van der Waals surface area (Å²) < 4.78 is 0. The van der Waals surface area contributed by atoms with Crippen LogP contribution in [-0.2, 0) is 9.59 Å². The van der Waals surface area contributed by atoms with Crippen molar-refractivity contribution in [3.63, 3.8) is 0 Å². The molecule has 1 fully saturated rings. The number of amides is 1. The average Bonchev–Trinajstić information content (AvgIpc) is 2.38. The Morgan fingerprint density at radius 1 is 1.16 bits per heavy atom. The van der Waals surface area contributed by atoms with Crippen LogP contribution in [0, 0.1) is 11.8 Å². The molecule has 0 aromatic carbocycles. The average molecular weight is 270 g/mol. The van der Waals surface area contributed by atoms with E-state index in [0.29, 0.717) is 6.42 Å². The second kappa shape index (κ2) is 7.48. The van der Waals surface area contributed by atoms with Gasteiger partial charge in [-0.25, -0.2) is 0 Å². The van der Waals surface area contributed by atoms with Crippen LogP contribution in [0.1, 0.15) is 33.6 Å². The minimum Gasteiger partial charge on any atom is -0.481 e. The molecule has 0 aliphatic carbocycles. The SMILES string of the molecule is CCN1CCN(C(=O)C(CCC(=O)O)C(C)C)CC1. The molecular formula is C14H26N2O3. The molecule has 0 radical (unpaired) electrons. The van der Waals surface area contributed by atoms with Crippen LogP contribution in [0.3, 0.4) is 0 Å². The lowest BCUT2D eigenvalue weighted by Crippen LogP contribution is -2.50. The summed E-state index contributed by atoms with van der Waals surface area (Å²) in [6, 6.07) is 0. The summed E-state index contributed by atoms with van der Waals surface area (Å²) in [5.41, 5.74) is 0. The maximum Gasteiger partial charge on any atom is 0.303 e. The first-order valence-electron chi connectivity index (χ1n) is 7.18. The molecule has 1 N–H and O–H groups in total. The van der Waals surface area contributed by atoms with Gasteiger partial charge in [0.05, 0.1) is 0 Å². The van der Waals surface area contributed by atoms with Gasteiger partial charge < -0.3 is 14.9 Å². The van der Waals surface area contributed by atoms with Crippen LogP contribution >= 0.6 is 0 Å². The van der Waals surface area contributed by atoms with Gasteiger partial charge in [0.2, 0.25) is 5.91 Å². The monoisotopic (exact) mass is 270 g/mol. The number of aliphatic carboxylic acids is 1. The second-order valence-corrected chi connectivity index (χ2v) is 5.54. The van der Waals surface area contributed by atoms with E-state index in [1.54, 1.807) is 0 Å². The standard InChI is InChI=1S/C14H26N2O3/c1-4-15-7-9-16(10-8-15)14(19)12(11(2)3)5-6-13(17)18/h11-12H,4-10H2,1-3H3,(H,17,18). The minimum atomic E-state index is -0.825. The molecule has 1 amide bonds. The first kappa shape index (κ1) is 16.0. The van der Waals surface area contributed by atoms with Gasteiger partial charge in [-0.3, -0.25) is 9.59 Å². The van der Waals surface area contributed by atoms with Gasteiger partial charge in [-0.1, -0.05) is 20.8 Å². The van der Waals surface area contributed by atoms with Gasteiger partial charge >= 0.3 is 5.97 Å². The summed E-state index contributed by atoms with van der Waals surface area (Å²) in [6.45, 7) is 10.5. The Morgan fingerprint density at radius 3 is 2.16 bits per heavy atom. The molecule has 0 aromatic heterocycles. The number of rotatable bonds is 6. The number of carbonyl (C=O) groups excluding carboxylic acids is 1. The molecule has 1 atom stereocenters. The predicted molar refractivity (Wildman–Crippen MR) is 73.9 cm³/mol. The molecule has 0 spiro atoms. The van der Waals surface area contributed by atoms with Crippen molar-refractivity contribution in [3.8, 4) is 0 Å². The Hall–Kier alpha value is -1.10. The van der Waals surface area contributed by atoms with Crippen LogP contribution < -0.4 is 0 Å². The van der Waals surface area contributed by atoms with E-state index < -0.39 is 5.97 Å². The number of piperazine rings is 1. The zero-order valence-electron chi connectivity index (χ0n) is 12.3. The van der Waals surface area contributed by atoms with Crippen LogP contribution in [0.25, 0.3) is 0 Å². The van der Waals surface area contributed by atoms with E-state index in [1.807, 2.05) is 18.7 Å². The van der Waals surface area contributed by atoms with E-state index in [9.17, 15) is 9.59 Å². The predicted octanol–water partition coefficient (Wildman–Crippen LogP) is 1.29. The van der Waals surface area contributed by atoms with E-state index in [0.717, 1.165) is 32.7 Å². The van der Waals surface area contributed by atoms with Crippen LogP contribution in [0.4, 0.5) is 0 Å². The van der Waals surface area contributed by atoms with Crippen molar-refractivity contribution in [2.24, 2.45) is 11.8 Å². The highest BCUT2D eigenvalue weighted by molar-refractivity contribution is 5.80. The summed E-state index contributed by atoms with van der Waals surface area (Å²) in [5, 5.41) is 8.77. The molecule has 5 nitrogen and oxygen atoms in total. The fourth-order valence-electron chi connectivity index (χ4n) is 2.54. The zero-order valence-corrected chi connectivity index (χ0v) is 12.3. The smallest absolute Gasteiger partial charge is 0.303 e. The zero-order chi connectivity index (χ0) is 14.4. The van der Waals surface area contributed by atoms with Crippen LogP contribution in [0.2, 0.25) is 0 Å². The number of carboxylic acids is 1. The third kappa shape index (κ3) is 4.82. The molecule has 1 heterocycles. The summed E-state index contributed by atoms with van der Waals surface area (Å²) >= 11 is 0. The largest absolute Gasteiger partial charge is 0.481 e. The molecule has 0 bridgehead atoms. The molecule has 0 saturated carbocycles. The molecule has 5 heteroatoms. The molecule has 1 aliphatic heterocycles. The third-order valence-corrected chi connectivity index (χ3v) is 3.92. The van der Waals surface area contributed by atoms with Crippen molar-refractivity contribution in [2.75, 3.05) is 32.7 Å². The van der Waals surface area contributed by atoms with Gasteiger partial charge in [0.1, 0.15) is 0 Å². The lowest BCUT2D eigenvalue weighted by Gasteiger charge is -2.36. The van der Waals surface area contributed by atoms with Crippen LogP contribution in [-0.4, -0.2) is 59.5 Å². The quantitative estimate of drug-likeness (QED) is 0.790. The minimum absolute atomic E-state index is 0.0729. The Bertz CT molecular complexity index is 310. The van der Waals surface area contributed by atoms with E-state index >= 15 is 0 Å². The van der Waals surface area contributed by atoms with Crippen molar-refractivity contribution in [2.45, 2.75) is 33.6 Å². The summed E-state index contributed by atoms with van der Waals surface area (Å²) in [6.07, 6.45) is 0.517. The summed E-state index contributed by atoms with van der Waals surface area (Å²) in [4.78, 5) is 27.4. The summed E-state index contributed by atoms with van der Waals surface area (Å²) in [5.74, 6) is -0.665. The Labute approximate surface area is 115 Å². The first-order chi connectivity index (χ1) is 8.95. The fraction of sp³-hybridized carbons (Fsp3) is 0.857. The van der Waals surface area contributed by atoms with Crippen molar-refractivity contribution in [3.05, 3.63) is 0 Å². The highest BCUT2D eigenvalue weighted by Crippen LogP contribution is 2.21. The Morgan fingerprint density at radius 2 is 1.74 bits per heavy atom. The van der Waals surface area contributed by atoms with Gasteiger partial charge in [0, 0.05) is 38.5 Å². The molecule has 110 valence electrons. The highest BCUT2D eigenvalue weighted by atomic mass is 16.4. The Balaban J connectivity index is 2.54. The molecule has 1 aliphatic rings. The number of carbonyl (C=O) groups is 2. The van der Waals surface area contributed by atoms with Crippen LogP contribution in [0.15, 0.2) is 0 Å². The van der Waals surface area contributed by atoms with Crippen molar-refractivity contribution in [1.82, 2.24) is 9.80 Å². The van der Waals surface area contributed by atoms with Gasteiger partial charge in [-0.15, -0.1) is 0 Å². The first-order valence-corrected chi connectivity index (χ1v) is 7.18. The lowest BCUT2D eigenvalue weighted by atomic mass is 9.89. The van der Waals surface area contributed by atoms with E-state index in [4.69, 9.17) is 5.11 Å². The van der Waals surface area contributed by atoms with Gasteiger partial charge in [-0.05, 0) is 18.9 Å². The fourth-order valence-corrected chi connectivity index (χ4v) is 2.54. The molecule has 1 unspecified atom stereocenters. The molecule has 19 heavy (non-hydrogen) atoms. The van der Waals surface area contributed by atoms with Gasteiger partial charge in [0.25, 0.3) is 0 Å². The summed E-state index contributed by atoms with van der Waals surface area (Å²) in [7, 11) is 0. The maximum atomic E-state index is 12.5. The highest BCUT2D eigenvalue weighted by Gasteiger charge is 2.29. The third-order valence-electron chi connectivity index (χ3n) is 3.92. The number of carboxylic acid groups (broad SMARTS) is 1. The molecule has 1 rings (SSSR count). The Kier molecular flexibility index (Phi) is 6.28. The van der Waals surface area contributed by atoms with E-state index in [-0.39, 0.29) is 24.2 Å². The van der Waals surface area contributed by atoms with Gasteiger partial charge in [0.15, 0.2) is 0 Å². The maximum absolute atomic E-state index is 12.5. The molecule has 1 saturated heterocycles. The number of hydrogen-bond acceptors (Lipinski definition) is 3. The lowest BCUT2D eigenvalue weighted by molar-refractivity contribution is -0.140. The van der Waals surface area contributed by atoms with E-state index in [1.165, 1.54) is 0 Å². The van der Waals surface area contributed by atoms with Crippen LogP contribution in [0.5, 0.6) is 0 Å². The molecule has 0 aromatic rings. The molecular weight excluding hydrogens is 244 g/mol. The van der Waals surface area contributed by atoms with Crippen molar-refractivity contribution in [1.29, 1.82) is 0 Å².